The molecule has 1 rings (SSSR count). The molecule has 0 atom stereocenters. The van der Waals surface area contributed by atoms with Gasteiger partial charge in [0.05, 0.1) is 17.9 Å². The van der Waals surface area contributed by atoms with Gasteiger partial charge >= 0.3 is 48.4 Å². The van der Waals surface area contributed by atoms with Gasteiger partial charge in [0.2, 0.25) is 0 Å². The standard InChI is InChI=1S/C12H14O4.Li.Na/c1-6-4-7(2)9(8(3)5-6)10(11(13)14)12(15)16;;/h4-5,10H,1-3H3,(H,13,14)(H,15,16);;/q;2*+1/p-2. The smallest absolute Gasteiger partial charge is 0.549 e. The topological polar surface area (TPSA) is 80.3 Å². The summed E-state index contributed by atoms with van der Waals surface area (Å²) in [4.78, 5) is 21.6. The van der Waals surface area contributed by atoms with Crippen LogP contribution in [0.5, 0.6) is 0 Å². The quantitative estimate of drug-likeness (QED) is 0.394. The number of carboxylic acid groups (broad SMARTS) is 2. The van der Waals surface area contributed by atoms with Crippen LogP contribution in [0.15, 0.2) is 12.1 Å². The zero-order valence-corrected chi connectivity index (χ0v) is 13.4. The van der Waals surface area contributed by atoms with Crippen LogP contribution in [0.4, 0.5) is 0 Å². The summed E-state index contributed by atoms with van der Waals surface area (Å²) < 4.78 is 0. The molecular formula is C12H12LiNaO4. The molecule has 18 heavy (non-hydrogen) atoms. The van der Waals surface area contributed by atoms with E-state index in [2.05, 4.69) is 0 Å². The monoisotopic (exact) mass is 250 g/mol. The van der Waals surface area contributed by atoms with E-state index in [1.165, 1.54) is 0 Å². The molecule has 6 heteroatoms. The van der Waals surface area contributed by atoms with Crippen LogP contribution in [0.3, 0.4) is 0 Å². The predicted octanol–water partition coefficient (Wildman–Crippen LogP) is -6.80. The first-order chi connectivity index (χ1) is 7.34. The summed E-state index contributed by atoms with van der Waals surface area (Å²) in [6.07, 6.45) is 0. The van der Waals surface area contributed by atoms with Crippen molar-refractivity contribution < 1.29 is 68.2 Å². The average molecular weight is 250 g/mol. The zero-order chi connectivity index (χ0) is 12.5. The van der Waals surface area contributed by atoms with Crippen LogP contribution in [0, 0.1) is 20.8 Å². The largest absolute Gasteiger partial charge is 1.00 e. The van der Waals surface area contributed by atoms with Gasteiger partial charge in [0.25, 0.3) is 0 Å². The summed E-state index contributed by atoms with van der Waals surface area (Å²) in [5.41, 5.74) is 2.45. The number of carbonyl (C=O) groups excluding carboxylic acids is 2. The molecule has 0 aliphatic heterocycles. The molecule has 0 radical (unpaired) electrons. The predicted molar refractivity (Wildman–Crippen MR) is 53.4 cm³/mol. The van der Waals surface area contributed by atoms with Crippen molar-refractivity contribution in [3.63, 3.8) is 0 Å². The molecule has 0 amide bonds. The second-order valence-corrected chi connectivity index (χ2v) is 3.88. The molecule has 0 aliphatic rings. The zero-order valence-electron chi connectivity index (χ0n) is 11.4. The SMILES string of the molecule is Cc1cc(C)c(C(C(=O)[O-])C(=O)[O-])c(C)c1.[Li+].[Na+]. The van der Waals surface area contributed by atoms with Crippen molar-refractivity contribution in [2.75, 3.05) is 0 Å². The molecule has 0 aromatic heterocycles. The molecule has 0 N–H and O–H groups in total. The molecule has 0 saturated heterocycles. The molecule has 4 nitrogen and oxygen atoms in total. The molecule has 0 bridgehead atoms. The van der Waals surface area contributed by atoms with Gasteiger partial charge in [0, 0.05) is 0 Å². The fourth-order valence-corrected chi connectivity index (χ4v) is 1.98. The van der Waals surface area contributed by atoms with Gasteiger partial charge in [-0.15, -0.1) is 0 Å². The minimum Gasteiger partial charge on any atom is -0.549 e. The maximum atomic E-state index is 10.8. The molecule has 1 aromatic rings. The Morgan fingerprint density at radius 1 is 1.00 bits per heavy atom. The first kappa shape index (κ1) is 20.1. The number of carbonyl (C=O) groups is 2. The van der Waals surface area contributed by atoms with Crippen molar-refractivity contribution in [2.24, 2.45) is 0 Å². The first-order valence-electron chi connectivity index (χ1n) is 4.84. The van der Waals surface area contributed by atoms with Crippen molar-refractivity contribution in [2.45, 2.75) is 26.7 Å². The minimum atomic E-state index is -1.71. The number of aryl methyl sites for hydroxylation is 3. The third-order valence-electron chi connectivity index (χ3n) is 2.50. The van der Waals surface area contributed by atoms with E-state index in [0.29, 0.717) is 11.1 Å². The number of aliphatic carboxylic acids is 2. The summed E-state index contributed by atoms with van der Waals surface area (Å²) >= 11 is 0. The van der Waals surface area contributed by atoms with Gasteiger partial charge < -0.3 is 19.8 Å². The summed E-state index contributed by atoms with van der Waals surface area (Å²) in [7, 11) is 0. The maximum absolute atomic E-state index is 10.8. The Labute approximate surface area is 140 Å². The van der Waals surface area contributed by atoms with E-state index in [-0.39, 0.29) is 54.0 Å². The fraction of sp³-hybridized carbons (Fsp3) is 0.333. The van der Waals surface area contributed by atoms with Crippen LogP contribution in [0.25, 0.3) is 0 Å². The second-order valence-electron chi connectivity index (χ2n) is 3.88. The Balaban J connectivity index is 0. The molecule has 0 fully saturated rings. The van der Waals surface area contributed by atoms with E-state index in [9.17, 15) is 19.8 Å². The van der Waals surface area contributed by atoms with Crippen molar-refractivity contribution in [1.82, 2.24) is 0 Å². The van der Waals surface area contributed by atoms with E-state index >= 15 is 0 Å². The summed E-state index contributed by atoms with van der Waals surface area (Å²) in [5.74, 6) is -4.99. The summed E-state index contributed by atoms with van der Waals surface area (Å²) in [6, 6.07) is 3.47. The van der Waals surface area contributed by atoms with E-state index in [0.717, 1.165) is 5.56 Å². The van der Waals surface area contributed by atoms with E-state index < -0.39 is 17.9 Å². The van der Waals surface area contributed by atoms with Crippen LogP contribution in [-0.4, -0.2) is 11.9 Å². The van der Waals surface area contributed by atoms with Gasteiger partial charge in [-0.3, -0.25) is 0 Å². The van der Waals surface area contributed by atoms with Crippen LogP contribution in [0.2, 0.25) is 0 Å². The van der Waals surface area contributed by atoms with Gasteiger partial charge in [0.1, 0.15) is 0 Å². The Bertz CT molecular complexity index is 422. The van der Waals surface area contributed by atoms with Gasteiger partial charge in [-0.25, -0.2) is 0 Å². The van der Waals surface area contributed by atoms with Crippen LogP contribution < -0.4 is 58.6 Å². The number of hydrogen-bond donors (Lipinski definition) is 0. The van der Waals surface area contributed by atoms with Gasteiger partial charge in [0.15, 0.2) is 0 Å². The number of rotatable bonds is 3. The van der Waals surface area contributed by atoms with Gasteiger partial charge in [-0.05, 0) is 37.5 Å². The maximum Gasteiger partial charge on any atom is 1.00 e. The number of hydrogen-bond acceptors (Lipinski definition) is 4. The normalized spacial score (nSPS) is 9.33. The van der Waals surface area contributed by atoms with E-state index in [4.69, 9.17) is 0 Å². The molecule has 0 aliphatic carbocycles. The molecule has 0 spiro atoms. The first-order valence-corrected chi connectivity index (χ1v) is 4.84. The average Bonchev–Trinajstić information content (AvgIpc) is 2.09. The summed E-state index contributed by atoms with van der Waals surface area (Å²) in [5, 5.41) is 21.6. The van der Waals surface area contributed by atoms with Crippen LogP contribution in [0.1, 0.15) is 28.2 Å². The Morgan fingerprint density at radius 3 is 1.61 bits per heavy atom. The van der Waals surface area contributed by atoms with Crippen molar-refractivity contribution >= 4 is 11.9 Å². The van der Waals surface area contributed by atoms with Crippen molar-refractivity contribution in [1.29, 1.82) is 0 Å². The molecule has 86 valence electrons. The Morgan fingerprint density at radius 2 is 1.33 bits per heavy atom. The second kappa shape index (κ2) is 8.03. The van der Waals surface area contributed by atoms with E-state index in [1.807, 2.05) is 6.92 Å². The number of benzene rings is 1. The molecule has 0 heterocycles. The van der Waals surface area contributed by atoms with Crippen molar-refractivity contribution in [3.05, 3.63) is 34.4 Å². The number of carboxylic acids is 2. The van der Waals surface area contributed by atoms with Crippen LogP contribution in [-0.2, 0) is 9.59 Å². The minimum absolute atomic E-state index is 0. The van der Waals surface area contributed by atoms with Crippen LogP contribution >= 0.6 is 0 Å². The molecule has 0 saturated carbocycles. The Hall–Kier alpha value is -0.243. The summed E-state index contributed by atoms with van der Waals surface area (Å²) in [6.45, 7) is 5.21. The van der Waals surface area contributed by atoms with Gasteiger partial charge in [-0.1, -0.05) is 17.7 Å². The van der Waals surface area contributed by atoms with Gasteiger partial charge in [-0.2, -0.15) is 0 Å². The molecule has 0 unspecified atom stereocenters. The molecule has 1 aromatic carbocycles. The Kier molecular flexibility index (Phi) is 8.96. The van der Waals surface area contributed by atoms with Crippen molar-refractivity contribution in [3.8, 4) is 0 Å². The molecular weight excluding hydrogens is 238 g/mol. The van der Waals surface area contributed by atoms with E-state index in [1.54, 1.807) is 26.0 Å². The third kappa shape index (κ3) is 4.45. The fourth-order valence-electron chi connectivity index (χ4n) is 1.98. The third-order valence-corrected chi connectivity index (χ3v) is 2.50.